The van der Waals surface area contributed by atoms with E-state index in [4.69, 9.17) is 18.9 Å². The molecule has 12 atom stereocenters. The summed E-state index contributed by atoms with van der Waals surface area (Å²) in [4.78, 5) is 38.5. The largest absolute Gasteiger partial charge is 0.463 e. The number of hydrogen-bond acceptors (Lipinski definition) is 8. The Morgan fingerprint density at radius 3 is 2.24 bits per heavy atom. The van der Waals surface area contributed by atoms with Crippen molar-refractivity contribution in [3.8, 4) is 0 Å². The fourth-order valence-corrected chi connectivity index (χ4v) is 11.2. The van der Waals surface area contributed by atoms with Gasteiger partial charge >= 0.3 is 17.9 Å². The van der Waals surface area contributed by atoms with Crippen molar-refractivity contribution < 1.29 is 38.4 Å². The molecule has 0 bridgehead atoms. The number of aliphatic hydroxyl groups is 1. The highest BCUT2D eigenvalue weighted by Gasteiger charge is 2.66. The molecule has 0 amide bonds. The number of rotatable bonds is 9. The van der Waals surface area contributed by atoms with Crippen LogP contribution in [0.3, 0.4) is 0 Å². The molecular formula is C43H54O8. The molecule has 5 aliphatic rings. The molecule has 1 aliphatic heterocycles. The molecule has 51 heavy (non-hydrogen) atoms. The van der Waals surface area contributed by atoms with Gasteiger partial charge in [0.05, 0.1) is 29.9 Å². The van der Waals surface area contributed by atoms with E-state index < -0.39 is 17.0 Å². The van der Waals surface area contributed by atoms with Crippen LogP contribution < -0.4 is 0 Å². The van der Waals surface area contributed by atoms with Crippen molar-refractivity contribution in [2.45, 2.75) is 116 Å². The lowest BCUT2D eigenvalue weighted by Gasteiger charge is -2.61. The average molecular weight is 699 g/mol. The van der Waals surface area contributed by atoms with Gasteiger partial charge in [0.25, 0.3) is 0 Å². The Kier molecular flexibility index (Phi) is 9.72. The minimum Gasteiger partial charge on any atom is -0.463 e. The third kappa shape index (κ3) is 6.45. The number of esters is 3. The highest BCUT2D eigenvalue weighted by atomic mass is 16.6. The molecule has 274 valence electrons. The van der Waals surface area contributed by atoms with Crippen LogP contribution in [0.25, 0.3) is 0 Å². The Balaban J connectivity index is 1.14. The van der Waals surface area contributed by atoms with E-state index in [1.54, 1.807) is 31.2 Å². The van der Waals surface area contributed by atoms with Gasteiger partial charge < -0.3 is 24.1 Å². The SMILES string of the molecule is CC(=O)O[C@H]1CC[C@@]2(C)[C@@H](CC[C@H]3C4=C[C@@H]5O[C@H](CC[C@@](C)(CO)OC(=O)c6ccccc6)[C@@H](C)[C@@H]5[C@@]4(C)[C@@H](OC(=O)c4ccccc4)C[C@@H]32)C1. The molecule has 0 spiro atoms. The predicted molar refractivity (Wildman–Crippen MR) is 192 cm³/mol. The Hall–Kier alpha value is -3.49. The zero-order chi connectivity index (χ0) is 36.1. The van der Waals surface area contributed by atoms with Crippen LogP contribution in [-0.2, 0) is 23.7 Å². The number of benzene rings is 2. The van der Waals surface area contributed by atoms with Crippen LogP contribution in [0.2, 0.25) is 0 Å². The predicted octanol–water partition coefficient (Wildman–Crippen LogP) is 7.73. The molecule has 8 heteroatoms. The molecule has 2 aromatic carbocycles. The zero-order valence-corrected chi connectivity index (χ0v) is 30.7. The number of carbonyl (C=O) groups excluding carboxylic acids is 3. The van der Waals surface area contributed by atoms with E-state index in [9.17, 15) is 19.5 Å². The van der Waals surface area contributed by atoms with Crippen LogP contribution in [0.15, 0.2) is 72.3 Å². The second kappa shape index (κ2) is 13.8. The summed E-state index contributed by atoms with van der Waals surface area (Å²) in [5.41, 5.74) is 1.01. The topological polar surface area (TPSA) is 108 Å². The van der Waals surface area contributed by atoms with Crippen molar-refractivity contribution in [1.29, 1.82) is 0 Å². The number of carbonyl (C=O) groups is 3. The van der Waals surface area contributed by atoms with Crippen molar-refractivity contribution in [2.75, 3.05) is 6.61 Å². The summed E-state index contributed by atoms with van der Waals surface area (Å²) >= 11 is 0. The van der Waals surface area contributed by atoms with Gasteiger partial charge in [0.2, 0.25) is 0 Å². The molecule has 0 radical (unpaired) electrons. The van der Waals surface area contributed by atoms with Crippen LogP contribution in [0, 0.1) is 40.4 Å². The average Bonchev–Trinajstić information content (AvgIpc) is 3.61. The molecule has 3 saturated carbocycles. The highest BCUT2D eigenvalue weighted by molar-refractivity contribution is 5.90. The van der Waals surface area contributed by atoms with Crippen molar-refractivity contribution in [3.63, 3.8) is 0 Å². The van der Waals surface area contributed by atoms with Gasteiger partial charge in [0.15, 0.2) is 0 Å². The van der Waals surface area contributed by atoms with E-state index in [0.29, 0.717) is 41.7 Å². The smallest absolute Gasteiger partial charge is 0.338 e. The Labute approximate surface area is 302 Å². The fourth-order valence-electron chi connectivity index (χ4n) is 11.2. The zero-order valence-electron chi connectivity index (χ0n) is 30.7. The second-order valence-electron chi connectivity index (χ2n) is 16.8. The van der Waals surface area contributed by atoms with Crippen molar-refractivity contribution in [2.24, 2.45) is 40.4 Å². The van der Waals surface area contributed by atoms with Gasteiger partial charge in [-0.15, -0.1) is 0 Å². The molecular weight excluding hydrogens is 644 g/mol. The van der Waals surface area contributed by atoms with E-state index >= 15 is 0 Å². The summed E-state index contributed by atoms with van der Waals surface area (Å²) < 4.78 is 25.1. The number of hydrogen-bond donors (Lipinski definition) is 1. The maximum atomic E-state index is 13.8. The quantitative estimate of drug-likeness (QED) is 0.161. The lowest BCUT2D eigenvalue weighted by molar-refractivity contribution is -0.158. The summed E-state index contributed by atoms with van der Waals surface area (Å²) in [6.45, 7) is 10.00. The Morgan fingerprint density at radius 1 is 0.922 bits per heavy atom. The minimum atomic E-state index is -1.05. The van der Waals surface area contributed by atoms with Crippen LogP contribution in [-0.4, -0.2) is 59.6 Å². The summed E-state index contributed by atoms with van der Waals surface area (Å²) in [6, 6.07) is 18.1. The summed E-state index contributed by atoms with van der Waals surface area (Å²) in [5.74, 6) is 0.480. The molecule has 4 fully saturated rings. The first-order valence-electron chi connectivity index (χ1n) is 19.1. The first-order chi connectivity index (χ1) is 24.4. The number of ether oxygens (including phenoxy) is 4. The molecule has 7 rings (SSSR count). The first kappa shape index (κ1) is 35.9. The summed E-state index contributed by atoms with van der Waals surface area (Å²) in [6.07, 6.45) is 8.58. The van der Waals surface area contributed by atoms with Crippen LogP contribution >= 0.6 is 0 Å². The standard InChI is InChI=1S/C43H54O8/c1-26-35(19-20-41(3,25-44)51-40(47)29-14-10-7-11-15-29)49-36-23-34-32-17-16-30-22-31(48-27(2)45)18-21-42(30,4)33(32)24-37(43(34,5)38(26)36)50-39(46)28-12-8-6-9-13-28/h6-15,23,26,30-33,35-38,44H,16-22,24-25H2,1-5H3/t26-,30+,31+,32-,33+,35-,36+,37+,38+,41+,42+,43-/m1/s1. The third-order valence-corrected chi connectivity index (χ3v) is 13.9. The van der Waals surface area contributed by atoms with Crippen molar-refractivity contribution >= 4 is 17.9 Å². The lowest BCUT2D eigenvalue weighted by atomic mass is 9.45. The molecule has 4 aliphatic carbocycles. The van der Waals surface area contributed by atoms with Crippen LogP contribution in [0.4, 0.5) is 0 Å². The van der Waals surface area contributed by atoms with Crippen LogP contribution in [0.1, 0.15) is 107 Å². The Morgan fingerprint density at radius 2 is 1.59 bits per heavy atom. The minimum absolute atomic E-state index is 0.0246. The molecule has 0 unspecified atom stereocenters. The van der Waals surface area contributed by atoms with Gasteiger partial charge in [-0.3, -0.25) is 4.79 Å². The van der Waals surface area contributed by atoms with Gasteiger partial charge in [-0.05, 0) is 112 Å². The monoisotopic (exact) mass is 698 g/mol. The fraction of sp³-hybridized carbons (Fsp3) is 0.605. The van der Waals surface area contributed by atoms with Crippen molar-refractivity contribution in [3.05, 3.63) is 83.4 Å². The third-order valence-electron chi connectivity index (χ3n) is 13.9. The molecule has 8 nitrogen and oxygen atoms in total. The first-order valence-corrected chi connectivity index (χ1v) is 19.1. The van der Waals surface area contributed by atoms with Gasteiger partial charge in [0, 0.05) is 18.3 Å². The van der Waals surface area contributed by atoms with E-state index in [1.165, 1.54) is 12.5 Å². The Bertz CT molecular complexity index is 1640. The second-order valence-corrected chi connectivity index (χ2v) is 16.8. The van der Waals surface area contributed by atoms with E-state index in [2.05, 4.69) is 26.8 Å². The maximum absolute atomic E-state index is 13.8. The molecule has 1 N–H and O–H groups in total. The van der Waals surface area contributed by atoms with Gasteiger partial charge in [0.1, 0.15) is 17.8 Å². The van der Waals surface area contributed by atoms with E-state index in [1.807, 2.05) is 36.4 Å². The highest BCUT2D eigenvalue weighted by Crippen LogP contribution is 2.69. The maximum Gasteiger partial charge on any atom is 0.338 e. The van der Waals surface area contributed by atoms with E-state index in [-0.39, 0.29) is 60.2 Å². The van der Waals surface area contributed by atoms with Gasteiger partial charge in [-0.2, -0.15) is 0 Å². The van der Waals surface area contributed by atoms with Crippen LogP contribution in [0.5, 0.6) is 0 Å². The molecule has 2 aromatic rings. The summed E-state index contributed by atoms with van der Waals surface area (Å²) in [7, 11) is 0. The van der Waals surface area contributed by atoms with Gasteiger partial charge in [-0.1, -0.05) is 68.8 Å². The molecule has 0 aromatic heterocycles. The van der Waals surface area contributed by atoms with Gasteiger partial charge in [-0.25, -0.2) is 9.59 Å². The number of fused-ring (bicyclic) bond motifs is 7. The molecule has 1 saturated heterocycles. The number of aliphatic hydroxyl groups excluding tert-OH is 1. The normalized spacial score (nSPS) is 37.8. The lowest BCUT2D eigenvalue weighted by Crippen LogP contribution is -2.57. The summed E-state index contributed by atoms with van der Waals surface area (Å²) in [5, 5.41) is 10.4. The van der Waals surface area contributed by atoms with Crippen molar-refractivity contribution in [1.82, 2.24) is 0 Å². The van der Waals surface area contributed by atoms with E-state index in [0.717, 1.165) is 38.5 Å². The molecule has 1 heterocycles.